The standard InChI is InChI=1S/C13H17FN2O2/c1-9(2)8-15(11-3-4-11)12-5-10(14)6-13(7-12)16(17)18/h5-7,9,11H,3-4,8H2,1-2H3. The molecule has 0 bridgehead atoms. The van der Waals surface area contributed by atoms with Crippen molar-refractivity contribution >= 4 is 11.4 Å². The van der Waals surface area contributed by atoms with Crippen LogP contribution >= 0.6 is 0 Å². The molecule has 1 aromatic rings. The maximum Gasteiger partial charge on any atom is 0.274 e. The summed E-state index contributed by atoms with van der Waals surface area (Å²) in [5, 5.41) is 10.8. The predicted molar refractivity (Wildman–Crippen MR) is 68.3 cm³/mol. The summed E-state index contributed by atoms with van der Waals surface area (Å²) in [5.41, 5.74) is 0.442. The molecule has 18 heavy (non-hydrogen) atoms. The van der Waals surface area contributed by atoms with Crippen molar-refractivity contribution in [2.75, 3.05) is 11.4 Å². The molecular weight excluding hydrogens is 235 g/mol. The monoisotopic (exact) mass is 252 g/mol. The van der Waals surface area contributed by atoms with E-state index in [4.69, 9.17) is 0 Å². The smallest absolute Gasteiger partial charge is 0.274 e. The lowest BCUT2D eigenvalue weighted by molar-refractivity contribution is -0.385. The molecule has 0 spiro atoms. The highest BCUT2D eigenvalue weighted by molar-refractivity contribution is 5.55. The number of halogens is 1. The van der Waals surface area contributed by atoms with Crippen LogP contribution < -0.4 is 4.90 Å². The minimum Gasteiger partial charge on any atom is -0.368 e. The van der Waals surface area contributed by atoms with Gasteiger partial charge in [0.15, 0.2) is 0 Å². The first-order valence-corrected chi connectivity index (χ1v) is 6.19. The minimum absolute atomic E-state index is 0.181. The van der Waals surface area contributed by atoms with Crippen molar-refractivity contribution in [3.05, 3.63) is 34.1 Å². The summed E-state index contributed by atoms with van der Waals surface area (Å²) in [6.45, 7) is 4.97. The molecule has 0 heterocycles. The van der Waals surface area contributed by atoms with E-state index < -0.39 is 10.7 Å². The Labute approximate surface area is 106 Å². The molecule has 0 aliphatic heterocycles. The van der Waals surface area contributed by atoms with Crippen molar-refractivity contribution in [1.29, 1.82) is 0 Å². The second-order valence-electron chi connectivity index (χ2n) is 5.20. The third-order valence-electron chi connectivity index (χ3n) is 2.96. The van der Waals surface area contributed by atoms with Gasteiger partial charge in [0.2, 0.25) is 0 Å². The fraction of sp³-hybridized carbons (Fsp3) is 0.538. The van der Waals surface area contributed by atoms with E-state index in [1.165, 1.54) is 12.1 Å². The van der Waals surface area contributed by atoms with Crippen LogP contribution in [0.15, 0.2) is 18.2 Å². The molecular formula is C13H17FN2O2. The molecule has 1 aliphatic rings. The predicted octanol–water partition coefficient (Wildman–Crippen LogP) is 3.36. The maximum atomic E-state index is 13.4. The third-order valence-corrected chi connectivity index (χ3v) is 2.96. The first kappa shape index (κ1) is 12.8. The van der Waals surface area contributed by atoms with Gasteiger partial charge in [0.05, 0.1) is 11.0 Å². The highest BCUT2D eigenvalue weighted by Crippen LogP contribution is 2.34. The van der Waals surface area contributed by atoms with Gasteiger partial charge in [-0.1, -0.05) is 13.8 Å². The van der Waals surface area contributed by atoms with Gasteiger partial charge in [-0.15, -0.1) is 0 Å². The molecule has 1 saturated carbocycles. The van der Waals surface area contributed by atoms with Gasteiger partial charge in [-0.2, -0.15) is 0 Å². The Kier molecular flexibility index (Phi) is 3.50. The highest BCUT2D eigenvalue weighted by atomic mass is 19.1. The topological polar surface area (TPSA) is 46.4 Å². The van der Waals surface area contributed by atoms with Crippen molar-refractivity contribution in [2.45, 2.75) is 32.7 Å². The van der Waals surface area contributed by atoms with Gasteiger partial charge >= 0.3 is 0 Å². The van der Waals surface area contributed by atoms with Crippen molar-refractivity contribution in [1.82, 2.24) is 0 Å². The van der Waals surface area contributed by atoms with Crippen molar-refractivity contribution in [3.8, 4) is 0 Å². The van der Waals surface area contributed by atoms with E-state index in [-0.39, 0.29) is 5.69 Å². The average molecular weight is 252 g/mol. The van der Waals surface area contributed by atoms with E-state index >= 15 is 0 Å². The summed E-state index contributed by atoms with van der Waals surface area (Å²) in [4.78, 5) is 12.3. The van der Waals surface area contributed by atoms with Crippen LogP contribution in [0.2, 0.25) is 0 Å². The Bertz CT molecular complexity index is 458. The zero-order valence-corrected chi connectivity index (χ0v) is 10.6. The highest BCUT2D eigenvalue weighted by Gasteiger charge is 2.30. The normalized spacial score (nSPS) is 14.9. The van der Waals surface area contributed by atoms with Crippen molar-refractivity contribution < 1.29 is 9.31 Å². The number of hydrogen-bond acceptors (Lipinski definition) is 3. The first-order valence-electron chi connectivity index (χ1n) is 6.19. The summed E-state index contributed by atoms with van der Waals surface area (Å²) in [6, 6.07) is 4.22. The van der Waals surface area contributed by atoms with Gasteiger partial charge in [-0.25, -0.2) is 4.39 Å². The minimum atomic E-state index is -0.549. The second kappa shape index (κ2) is 4.92. The molecule has 0 saturated heterocycles. The fourth-order valence-electron chi connectivity index (χ4n) is 2.08. The molecule has 0 unspecified atom stereocenters. The lowest BCUT2D eigenvalue weighted by Crippen LogP contribution is -2.29. The van der Waals surface area contributed by atoms with Crippen LogP contribution in [0.4, 0.5) is 15.8 Å². The molecule has 98 valence electrons. The van der Waals surface area contributed by atoms with Crippen LogP contribution in [0, 0.1) is 21.8 Å². The number of nitro benzene ring substituents is 1. The molecule has 1 aromatic carbocycles. The molecule has 4 nitrogen and oxygen atoms in total. The van der Waals surface area contributed by atoms with Crippen LogP contribution in [0.1, 0.15) is 26.7 Å². The summed E-state index contributed by atoms with van der Waals surface area (Å²) in [7, 11) is 0. The Morgan fingerprint density at radius 1 is 1.44 bits per heavy atom. The molecule has 0 aromatic heterocycles. The lowest BCUT2D eigenvalue weighted by Gasteiger charge is -2.26. The summed E-state index contributed by atoms with van der Waals surface area (Å²) >= 11 is 0. The van der Waals surface area contributed by atoms with Gasteiger partial charge in [-0.3, -0.25) is 10.1 Å². The molecule has 2 rings (SSSR count). The lowest BCUT2D eigenvalue weighted by atomic mass is 10.1. The summed E-state index contributed by atoms with van der Waals surface area (Å²) < 4.78 is 13.4. The van der Waals surface area contributed by atoms with Gasteiger partial charge < -0.3 is 4.90 Å². The van der Waals surface area contributed by atoms with Gasteiger partial charge in [0, 0.05) is 24.3 Å². The number of nitro groups is 1. The van der Waals surface area contributed by atoms with E-state index in [0.29, 0.717) is 17.6 Å². The molecule has 0 amide bonds. The average Bonchev–Trinajstić information content (AvgIpc) is 3.08. The second-order valence-corrected chi connectivity index (χ2v) is 5.20. The Balaban J connectivity index is 2.31. The first-order chi connectivity index (χ1) is 8.47. The van der Waals surface area contributed by atoms with Crippen LogP contribution in [0.3, 0.4) is 0 Å². The van der Waals surface area contributed by atoms with E-state index in [1.807, 2.05) is 0 Å². The number of non-ortho nitro benzene ring substituents is 1. The van der Waals surface area contributed by atoms with Gasteiger partial charge in [0.25, 0.3) is 5.69 Å². The molecule has 0 radical (unpaired) electrons. The number of anilines is 1. The number of hydrogen-bond donors (Lipinski definition) is 0. The SMILES string of the molecule is CC(C)CN(c1cc(F)cc([N+](=O)[O-])c1)C1CC1. The third kappa shape index (κ3) is 2.97. The van der Waals surface area contributed by atoms with Crippen LogP contribution in [-0.2, 0) is 0 Å². The van der Waals surface area contributed by atoms with E-state index in [0.717, 1.165) is 25.5 Å². The van der Waals surface area contributed by atoms with Crippen LogP contribution in [-0.4, -0.2) is 17.5 Å². The van der Waals surface area contributed by atoms with Gasteiger partial charge in [-0.05, 0) is 24.8 Å². The van der Waals surface area contributed by atoms with E-state index in [2.05, 4.69) is 18.7 Å². The largest absolute Gasteiger partial charge is 0.368 e. The number of nitrogens with zero attached hydrogens (tertiary/aromatic N) is 2. The summed E-state index contributed by atoms with van der Waals surface area (Å²) in [6.07, 6.45) is 2.16. The molecule has 1 fully saturated rings. The number of rotatable bonds is 5. The van der Waals surface area contributed by atoms with E-state index in [1.54, 1.807) is 0 Å². The van der Waals surface area contributed by atoms with Crippen molar-refractivity contribution in [3.63, 3.8) is 0 Å². The van der Waals surface area contributed by atoms with Gasteiger partial charge in [0.1, 0.15) is 5.82 Å². The molecule has 1 aliphatic carbocycles. The Morgan fingerprint density at radius 3 is 2.61 bits per heavy atom. The van der Waals surface area contributed by atoms with Crippen LogP contribution in [0.25, 0.3) is 0 Å². The molecule has 0 atom stereocenters. The van der Waals surface area contributed by atoms with Crippen molar-refractivity contribution in [2.24, 2.45) is 5.92 Å². The number of benzene rings is 1. The summed E-state index contributed by atoms with van der Waals surface area (Å²) in [5.74, 6) is -0.110. The Morgan fingerprint density at radius 2 is 2.11 bits per heavy atom. The maximum absolute atomic E-state index is 13.4. The molecule has 5 heteroatoms. The van der Waals surface area contributed by atoms with E-state index in [9.17, 15) is 14.5 Å². The fourth-order valence-corrected chi connectivity index (χ4v) is 2.08. The molecule has 0 N–H and O–H groups in total. The van der Waals surface area contributed by atoms with Crippen LogP contribution in [0.5, 0.6) is 0 Å². The quantitative estimate of drug-likeness (QED) is 0.596. The zero-order valence-electron chi connectivity index (χ0n) is 10.6. The Hall–Kier alpha value is -1.65. The zero-order chi connectivity index (χ0) is 13.3.